The molecule has 0 fully saturated rings. The summed E-state index contributed by atoms with van der Waals surface area (Å²) in [4.78, 5) is 11.2. The molecule has 1 amide bonds. The number of methoxy groups -OCH3 is 1. The molecule has 0 aliphatic rings. The molecule has 0 saturated heterocycles. The van der Waals surface area contributed by atoms with E-state index in [9.17, 15) is 4.79 Å². The molecule has 88 valence electrons. The molecule has 0 aromatic carbocycles. The lowest BCUT2D eigenvalue weighted by molar-refractivity contribution is -0.123. The van der Waals surface area contributed by atoms with E-state index in [1.54, 1.807) is 0 Å². The molecule has 1 unspecified atom stereocenters. The second-order valence-corrected chi connectivity index (χ2v) is 3.36. The summed E-state index contributed by atoms with van der Waals surface area (Å²) in [7, 11) is 1.50. The van der Waals surface area contributed by atoms with Crippen molar-refractivity contribution in [2.75, 3.05) is 33.5 Å². The minimum atomic E-state index is -0.615. The Kier molecular flexibility index (Phi) is 7.89. The van der Waals surface area contributed by atoms with Gasteiger partial charge in [0.2, 0.25) is 5.91 Å². The first-order valence-corrected chi connectivity index (χ1v) is 4.82. The highest BCUT2D eigenvalue weighted by molar-refractivity contribution is 5.81. The first-order chi connectivity index (χ1) is 7.07. The van der Waals surface area contributed by atoms with Crippen LogP contribution < -0.4 is 11.1 Å². The van der Waals surface area contributed by atoms with Crippen molar-refractivity contribution >= 4 is 5.91 Å². The Labute approximate surface area is 90.6 Å². The number of amides is 1. The maximum atomic E-state index is 11.2. The van der Waals surface area contributed by atoms with Crippen LogP contribution in [0.3, 0.4) is 0 Å². The molecule has 0 aliphatic heterocycles. The number of hydrogen-bond donors (Lipinski definition) is 2. The van der Waals surface area contributed by atoms with E-state index in [1.807, 2.05) is 6.92 Å². The van der Waals surface area contributed by atoms with Gasteiger partial charge in [0.05, 0.1) is 19.8 Å². The lowest BCUT2D eigenvalue weighted by Crippen LogP contribution is -2.44. The van der Waals surface area contributed by atoms with Crippen LogP contribution in [-0.2, 0) is 14.3 Å². The predicted molar refractivity (Wildman–Crippen MR) is 58.5 cm³/mol. The molecule has 5 heteroatoms. The van der Waals surface area contributed by atoms with E-state index in [2.05, 4.69) is 11.9 Å². The number of ether oxygens (including phenoxy) is 2. The van der Waals surface area contributed by atoms with Crippen molar-refractivity contribution < 1.29 is 14.3 Å². The number of carbonyl (C=O) groups is 1. The number of rotatable bonds is 8. The fourth-order valence-corrected chi connectivity index (χ4v) is 0.879. The lowest BCUT2D eigenvalue weighted by atomic mass is 10.3. The van der Waals surface area contributed by atoms with Crippen LogP contribution in [0.15, 0.2) is 12.2 Å². The lowest BCUT2D eigenvalue weighted by Gasteiger charge is -2.11. The Morgan fingerprint density at radius 1 is 1.60 bits per heavy atom. The Hall–Kier alpha value is -0.910. The minimum absolute atomic E-state index is 0.221. The van der Waals surface area contributed by atoms with Gasteiger partial charge in [-0.2, -0.15) is 0 Å². The molecule has 0 rings (SSSR count). The summed E-state index contributed by atoms with van der Waals surface area (Å²) in [6.45, 7) is 7.21. The molecule has 0 spiro atoms. The van der Waals surface area contributed by atoms with Gasteiger partial charge in [0, 0.05) is 13.7 Å². The van der Waals surface area contributed by atoms with Gasteiger partial charge < -0.3 is 20.5 Å². The highest BCUT2D eigenvalue weighted by atomic mass is 16.5. The van der Waals surface area contributed by atoms with Crippen LogP contribution in [0.2, 0.25) is 0 Å². The number of hydrogen-bond acceptors (Lipinski definition) is 4. The van der Waals surface area contributed by atoms with E-state index in [1.165, 1.54) is 7.11 Å². The fraction of sp³-hybridized carbons (Fsp3) is 0.700. The standard InChI is InChI=1S/C10H20N2O3/c1-8(2)6-15-5-4-12-10(13)9(11)7-14-3/h9H,1,4-7,11H2,2-3H3,(H,12,13). The van der Waals surface area contributed by atoms with Gasteiger partial charge in [0.1, 0.15) is 6.04 Å². The van der Waals surface area contributed by atoms with Crippen LogP contribution >= 0.6 is 0 Å². The molecule has 0 heterocycles. The molecular weight excluding hydrogens is 196 g/mol. The van der Waals surface area contributed by atoms with Gasteiger partial charge >= 0.3 is 0 Å². The fourth-order valence-electron chi connectivity index (χ4n) is 0.879. The number of nitrogens with two attached hydrogens (primary N) is 1. The Balaban J connectivity index is 3.42. The second kappa shape index (κ2) is 8.40. The molecule has 0 bridgehead atoms. The zero-order valence-corrected chi connectivity index (χ0v) is 9.41. The summed E-state index contributed by atoms with van der Waals surface area (Å²) in [5.41, 5.74) is 6.45. The zero-order chi connectivity index (χ0) is 11.7. The van der Waals surface area contributed by atoms with Crippen molar-refractivity contribution in [1.82, 2.24) is 5.32 Å². The predicted octanol–water partition coefficient (Wildman–Crippen LogP) is -0.331. The molecule has 3 N–H and O–H groups in total. The van der Waals surface area contributed by atoms with Crippen LogP contribution in [-0.4, -0.2) is 45.4 Å². The zero-order valence-electron chi connectivity index (χ0n) is 9.41. The quantitative estimate of drug-likeness (QED) is 0.430. The van der Waals surface area contributed by atoms with Gasteiger partial charge in [-0.05, 0) is 6.92 Å². The Bertz CT molecular complexity index is 207. The minimum Gasteiger partial charge on any atom is -0.383 e. The van der Waals surface area contributed by atoms with Crippen LogP contribution in [0.4, 0.5) is 0 Å². The van der Waals surface area contributed by atoms with E-state index in [-0.39, 0.29) is 12.5 Å². The monoisotopic (exact) mass is 216 g/mol. The number of nitrogens with one attached hydrogen (secondary N) is 1. The van der Waals surface area contributed by atoms with Crippen LogP contribution in [0.1, 0.15) is 6.92 Å². The summed E-state index contributed by atoms with van der Waals surface area (Å²) in [6.07, 6.45) is 0. The second-order valence-electron chi connectivity index (χ2n) is 3.36. The normalized spacial score (nSPS) is 12.2. The van der Waals surface area contributed by atoms with Gasteiger partial charge in [0.15, 0.2) is 0 Å². The summed E-state index contributed by atoms with van der Waals surface area (Å²) >= 11 is 0. The first-order valence-electron chi connectivity index (χ1n) is 4.82. The molecule has 0 aromatic heterocycles. The molecule has 0 saturated carbocycles. The van der Waals surface area contributed by atoms with Crippen LogP contribution in [0.25, 0.3) is 0 Å². The van der Waals surface area contributed by atoms with E-state index in [0.717, 1.165) is 5.57 Å². The maximum Gasteiger partial charge on any atom is 0.239 e. The molecule has 5 nitrogen and oxygen atoms in total. The van der Waals surface area contributed by atoms with Crippen molar-refractivity contribution in [1.29, 1.82) is 0 Å². The Morgan fingerprint density at radius 2 is 2.27 bits per heavy atom. The van der Waals surface area contributed by atoms with E-state index >= 15 is 0 Å². The summed E-state index contributed by atoms with van der Waals surface area (Å²) in [6, 6.07) is -0.615. The molecule has 0 aliphatic carbocycles. The van der Waals surface area contributed by atoms with E-state index < -0.39 is 6.04 Å². The van der Waals surface area contributed by atoms with Crippen molar-refractivity contribution in [2.24, 2.45) is 5.73 Å². The van der Waals surface area contributed by atoms with Crippen molar-refractivity contribution in [3.8, 4) is 0 Å². The summed E-state index contributed by atoms with van der Waals surface area (Å²) in [5, 5.41) is 2.64. The van der Waals surface area contributed by atoms with Crippen LogP contribution in [0.5, 0.6) is 0 Å². The van der Waals surface area contributed by atoms with Crippen molar-refractivity contribution in [3.05, 3.63) is 12.2 Å². The average Bonchev–Trinajstić information content (AvgIpc) is 2.16. The van der Waals surface area contributed by atoms with Gasteiger partial charge in [-0.1, -0.05) is 12.2 Å². The molecule has 15 heavy (non-hydrogen) atoms. The summed E-state index contributed by atoms with van der Waals surface area (Å²) < 4.78 is 9.95. The van der Waals surface area contributed by atoms with E-state index in [0.29, 0.717) is 19.8 Å². The smallest absolute Gasteiger partial charge is 0.239 e. The highest BCUT2D eigenvalue weighted by Gasteiger charge is 2.11. The first kappa shape index (κ1) is 14.1. The van der Waals surface area contributed by atoms with Gasteiger partial charge in [-0.25, -0.2) is 0 Å². The molecule has 0 aromatic rings. The van der Waals surface area contributed by atoms with Crippen molar-refractivity contribution in [3.63, 3.8) is 0 Å². The largest absolute Gasteiger partial charge is 0.383 e. The summed E-state index contributed by atoms with van der Waals surface area (Å²) in [5.74, 6) is -0.226. The third-order valence-corrected chi connectivity index (χ3v) is 1.58. The molecule has 1 atom stereocenters. The highest BCUT2D eigenvalue weighted by Crippen LogP contribution is 1.87. The molecule has 0 radical (unpaired) electrons. The van der Waals surface area contributed by atoms with E-state index in [4.69, 9.17) is 15.2 Å². The maximum absolute atomic E-state index is 11.2. The third-order valence-electron chi connectivity index (χ3n) is 1.58. The Morgan fingerprint density at radius 3 is 2.80 bits per heavy atom. The van der Waals surface area contributed by atoms with Gasteiger partial charge in [-0.15, -0.1) is 0 Å². The average molecular weight is 216 g/mol. The van der Waals surface area contributed by atoms with Crippen LogP contribution in [0, 0.1) is 0 Å². The van der Waals surface area contributed by atoms with Gasteiger partial charge in [0.25, 0.3) is 0 Å². The van der Waals surface area contributed by atoms with Gasteiger partial charge in [-0.3, -0.25) is 4.79 Å². The van der Waals surface area contributed by atoms with Crippen molar-refractivity contribution in [2.45, 2.75) is 13.0 Å². The topological polar surface area (TPSA) is 73.6 Å². The third kappa shape index (κ3) is 8.11. The SMILES string of the molecule is C=C(C)COCCNC(=O)C(N)COC. The number of carbonyl (C=O) groups excluding carboxylic acids is 1. The molecular formula is C10H20N2O3.